The number of aryl methyl sites for hydroxylation is 2. The number of rotatable bonds is 6. The number of thiazole rings is 1. The van der Waals surface area contributed by atoms with Gasteiger partial charge in [-0.3, -0.25) is 4.79 Å². The van der Waals surface area contributed by atoms with Crippen LogP contribution < -0.4 is 10.1 Å². The zero-order valence-corrected chi connectivity index (χ0v) is 19.4. The Kier molecular flexibility index (Phi) is 6.93. The molecule has 1 saturated heterocycles. The number of nitrogens with one attached hydrogen (secondary N) is 1. The standard InChI is InChI=1S/C22H29N3O4S2/c1-2-29-17-8-10-18(11-9-17)31(27,28)25-14-12-16(13-15-25)21(26)24-22-23-19-6-4-3-5-7-20(19)30-22/h8-11,16H,2-7,12-15H2,1H3,(H,23,24,26). The Morgan fingerprint density at radius 2 is 1.87 bits per heavy atom. The molecule has 2 aromatic rings. The van der Waals surface area contributed by atoms with Crippen LogP contribution in [0.1, 0.15) is 49.6 Å². The molecule has 0 unspecified atom stereocenters. The largest absolute Gasteiger partial charge is 0.494 e. The van der Waals surface area contributed by atoms with Crippen molar-refractivity contribution in [2.24, 2.45) is 5.92 Å². The number of hydrogen-bond acceptors (Lipinski definition) is 6. The summed E-state index contributed by atoms with van der Waals surface area (Å²) < 4.78 is 32.7. The third-order valence-electron chi connectivity index (χ3n) is 5.92. The number of carbonyl (C=O) groups is 1. The van der Waals surface area contributed by atoms with Crippen molar-refractivity contribution in [1.29, 1.82) is 0 Å². The number of carbonyl (C=O) groups excluding carboxylic acids is 1. The highest BCUT2D eigenvalue weighted by molar-refractivity contribution is 7.89. The SMILES string of the molecule is CCOc1ccc(S(=O)(=O)N2CCC(C(=O)Nc3nc4c(s3)CCCCC4)CC2)cc1. The van der Waals surface area contributed by atoms with E-state index in [0.29, 0.717) is 43.4 Å². The van der Waals surface area contributed by atoms with Crippen LogP contribution in [0.2, 0.25) is 0 Å². The number of aromatic nitrogens is 1. The Hall–Kier alpha value is -1.97. The fourth-order valence-corrected chi connectivity index (χ4v) is 6.69. The van der Waals surface area contributed by atoms with Crippen molar-refractivity contribution in [2.75, 3.05) is 25.0 Å². The van der Waals surface area contributed by atoms with Crippen molar-refractivity contribution in [3.63, 3.8) is 0 Å². The molecule has 4 rings (SSSR count). The Balaban J connectivity index is 1.34. The number of benzene rings is 1. The number of anilines is 1. The highest BCUT2D eigenvalue weighted by Crippen LogP contribution is 2.30. The summed E-state index contributed by atoms with van der Waals surface area (Å²) in [6.07, 6.45) is 6.63. The van der Waals surface area contributed by atoms with E-state index in [2.05, 4.69) is 10.3 Å². The summed E-state index contributed by atoms with van der Waals surface area (Å²) in [5.41, 5.74) is 1.13. The first kappa shape index (κ1) is 22.2. The van der Waals surface area contributed by atoms with Crippen molar-refractivity contribution in [1.82, 2.24) is 9.29 Å². The molecule has 1 aliphatic carbocycles. The van der Waals surface area contributed by atoms with Gasteiger partial charge in [0.2, 0.25) is 15.9 Å². The second kappa shape index (κ2) is 9.67. The van der Waals surface area contributed by atoms with Crippen LogP contribution in [0.5, 0.6) is 5.75 Å². The number of ether oxygens (including phenoxy) is 1. The molecule has 0 bridgehead atoms. The zero-order chi connectivity index (χ0) is 21.8. The summed E-state index contributed by atoms with van der Waals surface area (Å²) in [6, 6.07) is 6.50. The van der Waals surface area contributed by atoms with E-state index in [-0.39, 0.29) is 16.7 Å². The fourth-order valence-electron chi connectivity index (χ4n) is 4.17. The topological polar surface area (TPSA) is 88.6 Å². The van der Waals surface area contributed by atoms with Gasteiger partial charge in [0.1, 0.15) is 5.75 Å². The molecular weight excluding hydrogens is 434 g/mol. The van der Waals surface area contributed by atoms with E-state index < -0.39 is 10.0 Å². The van der Waals surface area contributed by atoms with Gasteiger partial charge in [-0.1, -0.05) is 6.42 Å². The minimum atomic E-state index is -3.57. The number of hydrogen-bond donors (Lipinski definition) is 1. The second-order valence-electron chi connectivity index (χ2n) is 8.02. The van der Waals surface area contributed by atoms with E-state index in [1.54, 1.807) is 35.6 Å². The lowest BCUT2D eigenvalue weighted by atomic mass is 9.97. The molecule has 2 aliphatic rings. The normalized spacial score (nSPS) is 18.2. The Morgan fingerprint density at radius 3 is 2.58 bits per heavy atom. The van der Waals surface area contributed by atoms with E-state index in [1.807, 2.05) is 6.92 Å². The molecule has 1 amide bonds. The van der Waals surface area contributed by atoms with Gasteiger partial charge in [0.05, 0.1) is 17.2 Å². The molecule has 0 saturated carbocycles. The molecule has 1 aliphatic heterocycles. The van der Waals surface area contributed by atoms with Gasteiger partial charge in [0.15, 0.2) is 5.13 Å². The van der Waals surface area contributed by atoms with Crippen LogP contribution in [0.25, 0.3) is 0 Å². The van der Waals surface area contributed by atoms with Crippen molar-refractivity contribution >= 4 is 32.4 Å². The monoisotopic (exact) mass is 463 g/mol. The third-order valence-corrected chi connectivity index (χ3v) is 8.91. The maximum absolute atomic E-state index is 12.9. The van der Waals surface area contributed by atoms with E-state index >= 15 is 0 Å². The van der Waals surface area contributed by atoms with Crippen LogP contribution in [0.15, 0.2) is 29.2 Å². The van der Waals surface area contributed by atoms with E-state index in [0.717, 1.165) is 25.0 Å². The zero-order valence-electron chi connectivity index (χ0n) is 17.8. The molecular formula is C22H29N3O4S2. The highest BCUT2D eigenvalue weighted by atomic mass is 32.2. The van der Waals surface area contributed by atoms with Crippen LogP contribution in [0.4, 0.5) is 5.13 Å². The number of amides is 1. The summed E-state index contributed by atoms with van der Waals surface area (Å²) in [6.45, 7) is 3.09. The maximum atomic E-state index is 12.9. The van der Waals surface area contributed by atoms with Gasteiger partial charge in [-0.05, 0) is 69.7 Å². The molecule has 0 spiro atoms. The Bertz CT molecular complexity index is 986. The van der Waals surface area contributed by atoms with Crippen LogP contribution in [-0.4, -0.2) is 43.3 Å². The lowest BCUT2D eigenvalue weighted by Crippen LogP contribution is -2.41. The summed E-state index contributed by atoms with van der Waals surface area (Å²) in [7, 11) is -3.57. The van der Waals surface area contributed by atoms with Gasteiger partial charge in [0.25, 0.3) is 0 Å². The molecule has 9 heteroatoms. The molecule has 31 heavy (non-hydrogen) atoms. The van der Waals surface area contributed by atoms with Crippen molar-refractivity contribution in [3.05, 3.63) is 34.8 Å². The summed E-state index contributed by atoms with van der Waals surface area (Å²) >= 11 is 1.59. The number of fused-ring (bicyclic) bond motifs is 1. The molecule has 1 aromatic carbocycles. The summed E-state index contributed by atoms with van der Waals surface area (Å²) in [5, 5.41) is 3.66. The molecule has 1 aromatic heterocycles. The van der Waals surface area contributed by atoms with Gasteiger partial charge in [-0.15, -0.1) is 11.3 Å². The predicted molar refractivity (Wildman–Crippen MR) is 121 cm³/mol. The van der Waals surface area contributed by atoms with E-state index in [1.165, 1.54) is 22.0 Å². The molecule has 0 radical (unpaired) electrons. The summed E-state index contributed by atoms with van der Waals surface area (Å²) in [4.78, 5) is 18.9. The smallest absolute Gasteiger partial charge is 0.243 e. The quantitative estimate of drug-likeness (QED) is 0.658. The van der Waals surface area contributed by atoms with Gasteiger partial charge < -0.3 is 10.1 Å². The average Bonchev–Trinajstić information content (AvgIpc) is 3.02. The molecule has 7 nitrogen and oxygen atoms in total. The molecule has 168 valence electrons. The average molecular weight is 464 g/mol. The van der Waals surface area contributed by atoms with Gasteiger partial charge in [-0.2, -0.15) is 4.31 Å². The number of sulfonamides is 1. The van der Waals surface area contributed by atoms with Gasteiger partial charge in [-0.25, -0.2) is 13.4 Å². The third kappa shape index (κ3) is 5.10. The fraction of sp³-hybridized carbons (Fsp3) is 0.545. The summed E-state index contributed by atoms with van der Waals surface area (Å²) in [5.74, 6) is 0.397. The van der Waals surface area contributed by atoms with Crippen molar-refractivity contribution in [3.8, 4) is 5.75 Å². The minimum absolute atomic E-state index is 0.0537. The van der Waals surface area contributed by atoms with Crippen molar-refractivity contribution < 1.29 is 17.9 Å². The number of nitrogens with zero attached hydrogens (tertiary/aromatic N) is 2. The predicted octanol–water partition coefficient (Wildman–Crippen LogP) is 3.85. The van der Waals surface area contributed by atoms with Gasteiger partial charge >= 0.3 is 0 Å². The Labute approximate surface area is 187 Å². The van der Waals surface area contributed by atoms with Crippen LogP contribution >= 0.6 is 11.3 Å². The molecule has 2 heterocycles. The highest BCUT2D eigenvalue weighted by Gasteiger charge is 2.32. The first-order chi connectivity index (χ1) is 15.0. The molecule has 1 N–H and O–H groups in total. The first-order valence-electron chi connectivity index (χ1n) is 11.0. The van der Waals surface area contributed by atoms with Crippen LogP contribution in [0, 0.1) is 5.92 Å². The van der Waals surface area contributed by atoms with Crippen molar-refractivity contribution in [2.45, 2.75) is 56.8 Å². The molecule has 1 fully saturated rings. The lowest BCUT2D eigenvalue weighted by molar-refractivity contribution is -0.120. The van der Waals surface area contributed by atoms with Crippen LogP contribution in [-0.2, 0) is 27.7 Å². The van der Waals surface area contributed by atoms with Crippen LogP contribution in [0.3, 0.4) is 0 Å². The lowest BCUT2D eigenvalue weighted by Gasteiger charge is -2.30. The minimum Gasteiger partial charge on any atom is -0.494 e. The van der Waals surface area contributed by atoms with Gasteiger partial charge in [0, 0.05) is 23.9 Å². The second-order valence-corrected chi connectivity index (χ2v) is 11.0. The first-order valence-corrected chi connectivity index (χ1v) is 13.3. The van der Waals surface area contributed by atoms with E-state index in [4.69, 9.17) is 4.74 Å². The maximum Gasteiger partial charge on any atom is 0.243 e. The molecule has 0 atom stereocenters. The Morgan fingerprint density at radius 1 is 1.16 bits per heavy atom. The van der Waals surface area contributed by atoms with E-state index in [9.17, 15) is 13.2 Å². The number of piperidine rings is 1.